The Morgan fingerprint density at radius 1 is 1.00 bits per heavy atom. The zero-order valence-corrected chi connectivity index (χ0v) is 11.1. The molecule has 0 aliphatic rings. The lowest BCUT2D eigenvalue weighted by Gasteiger charge is -1.98. The van der Waals surface area contributed by atoms with Gasteiger partial charge in [-0.3, -0.25) is 10.1 Å². The molecule has 0 fully saturated rings. The maximum atomic E-state index is 5.31. The molecular weight excluding hydrogens is 270 g/mol. The van der Waals surface area contributed by atoms with Gasteiger partial charge in [-0.2, -0.15) is 0 Å². The van der Waals surface area contributed by atoms with E-state index in [9.17, 15) is 0 Å². The fourth-order valence-corrected chi connectivity index (χ4v) is 2.44. The molecule has 6 heteroatoms. The summed E-state index contributed by atoms with van der Waals surface area (Å²) >= 11 is 5.31. The van der Waals surface area contributed by atoms with E-state index in [-0.39, 0.29) is 0 Å². The van der Waals surface area contributed by atoms with Crippen LogP contribution in [0.4, 0.5) is 0 Å². The second-order valence-electron chi connectivity index (χ2n) is 4.38. The van der Waals surface area contributed by atoms with Crippen LogP contribution >= 0.6 is 12.2 Å². The van der Waals surface area contributed by atoms with Crippen LogP contribution in [0, 0.1) is 4.77 Å². The zero-order chi connectivity index (χ0) is 13.5. The van der Waals surface area contributed by atoms with Crippen molar-refractivity contribution in [3.8, 4) is 11.4 Å². The monoisotopic (exact) mass is 279 g/mol. The molecule has 0 atom stereocenters. The molecule has 3 heterocycles. The summed E-state index contributed by atoms with van der Waals surface area (Å²) in [4.78, 5) is 13.1. The summed E-state index contributed by atoms with van der Waals surface area (Å²) in [5.74, 6) is 0.747. The fourth-order valence-electron chi connectivity index (χ4n) is 2.21. The highest BCUT2D eigenvalue weighted by Crippen LogP contribution is 2.20. The minimum Gasteiger partial charge on any atom is -0.273 e. The van der Waals surface area contributed by atoms with Gasteiger partial charge in [0.15, 0.2) is 11.5 Å². The van der Waals surface area contributed by atoms with E-state index in [1.165, 1.54) is 0 Å². The van der Waals surface area contributed by atoms with Crippen molar-refractivity contribution in [3.05, 3.63) is 53.6 Å². The summed E-state index contributed by atoms with van der Waals surface area (Å²) < 4.78 is 2.19. The van der Waals surface area contributed by atoms with Gasteiger partial charge in [0.25, 0.3) is 0 Å². The second kappa shape index (κ2) is 4.21. The van der Waals surface area contributed by atoms with Crippen molar-refractivity contribution in [2.75, 3.05) is 0 Å². The Kier molecular flexibility index (Phi) is 2.37. The Hall–Kier alpha value is -2.60. The van der Waals surface area contributed by atoms with Crippen molar-refractivity contribution >= 4 is 28.8 Å². The van der Waals surface area contributed by atoms with E-state index in [0.717, 1.165) is 27.9 Å². The summed E-state index contributed by atoms with van der Waals surface area (Å²) in [6.45, 7) is 0. The molecule has 4 rings (SSSR count). The third kappa shape index (κ3) is 1.62. The van der Waals surface area contributed by atoms with Crippen molar-refractivity contribution in [3.63, 3.8) is 0 Å². The summed E-state index contributed by atoms with van der Waals surface area (Å²) in [6, 6.07) is 11.6. The molecule has 0 saturated carbocycles. The molecule has 0 amide bonds. The highest BCUT2D eigenvalue weighted by atomic mass is 32.1. The quantitative estimate of drug-likeness (QED) is 0.544. The van der Waals surface area contributed by atoms with E-state index in [0.29, 0.717) is 4.77 Å². The molecule has 0 saturated heterocycles. The first-order valence-electron chi connectivity index (χ1n) is 6.11. The van der Waals surface area contributed by atoms with Gasteiger partial charge >= 0.3 is 0 Å². The van der Waals surface area contributed by atoms with Crippen LogP contribution in [-0.2, 0) is 0 Å². The normalized spacial score (nSPS) is 11.2. The third-order valence-corrected chi connectivity index (χ3v) is 3.43. The Morgan fingerprint density at radius 2 is 1.80 bits per heavy atom. The second-order valence-corrected chi connectivity index (χ2v) is 4.74. The average molecular weight is 279 g/mol. The first-order chi connectivity index (χ1) is 9.83. The number of rotatable bonds is 1. The average Bonchev–Trinajstić information content (AvgIpc) is 2.94. The molecule has 0 spiro atoms. The summed E-state index contributed by atoms with van der Waals surface area (Å²) in [6.07, 6.45) is 3.47. The SMILES string of the molecule is S=c1nc2ccccc2c2nc(-c3ccncc3)[nH]n12. The van der Waals surface area contributed by atoms with Crippen LogP contribution in [0.1, 0.15) is 0 Å². The molecule has 5 nitrogen and oxygen atoms in total. The Morgan fingerprint density at radius 3 is 2.65 bits per heavy atom. The number of fused-ring (bicyclic) bond motifs is 3. The van der Waals surface area contributed by atoms with Gasteiger partial charge in [-0.25, -0.2) is 14.5 Å². The van der Waals surface area contributed by atoms with Crippen LogP contribution in [0.3, 0.4) is 0 Å². The minimum absolute atomic E-state index is 0.464. The van der Waals surface area contributed by atoms with Crippen LogP contribution in [0.25, 0.3) is 27.9 Å². The van der Waals surface area contributed by atoms with Crippen molar-refractivity contribution in [2.24, 2.45) is 0 Å². The molecule has 0 bridgehead atoms. The van der Waals surface area contributed by atoms with E-state index in [1.807, 2.05) is 36.4 Å². The molecule has 1 N–H and O–H groups in total. The highest BCUT2D eigenvalue weighted by Gasteiger charge is 2.09. The van der Waals surface area contributed by atoms with Gasteiger partial charge in [0.2, 0.25) is 4.77 Å². The Bertz CT molecular complexity index is 971. The molecule has 96 valence electrons. The molecule has 1 aromatic carbocycles. The number of para-hydroxylation sites is 1. The van der Waals surface area contributed by atoms with Gasteiger partial charge in [-0.1, -0.05) is 12.1 Å². The van der Waals surface area contributed by atoms with Crippen molar-refractivity contribution in [2.45, 2.75) is 0 Å². The number of benzene rings is 1. The van der Waals surface area contributed by atoms with Gasteiger partial charge in [-0.05, 0) is 36.5 Å². The van der Waals surface area contributed by atoms with E-state index in [2.05, 4.69) is 20.1 Å². The number of nitrogens with zero attached hydrogens (tertiary/aromatic N) is 4. The number of aromatic nitrogens is 5. The van der Waals surface area contributed by atoms with Crippen molar-refractivity contribution < 1.29 is 0 Å². The molecule has 3 aromatic heterocycles. The number of hydrogen-bond donors (Lipinski definition) is 1. The van der Waals surface area contributed by atoms with Gasteiger partial charge in [0.05, 0.1) is 5.52 Å². The highest BCUT2D eigenvalue weighted by molar-refractivity contribution is 7.71. The topological polar surface area (TPSA) is 58.9 Å². The first kappa shape index (κ1) is 11.2. The molecular formula is C14H9N5S. The maximum absolute atomic E-state index is 5.31. The molecule has 4 aromatic rings. The zero-order valence-electron chi connectivity index (χ0n) is 10.3. The smallest absolute Gasteiger partial charge is 0.221 e. The van der Waals surface area contributed by atoms with Crippen LogP contribution in [0.15, 0.2) is 48.8 Å². The molecule has 0 unspecified atom stereocenters. The van der Waals surface area contributed by atoms with Crippen molar-refractivity contribution in [1.29, 1.82) is 0 Å². The van der Waals surface area contributed by atoms with Crippen LogP contribution in [0.2, 0.25) is 0 Å². The first-order valence-corrected chi connectivity index (χ1v) is 6.52. The summed E-state index contributed by atoms with van der Waals surface area (Å²) in [5, 5.41) is 4.15. The van der Waals surface area contributed by atoms with Crippen LogP contribution in [0.5, 0.6) is 0 Å². The van der Waals surface area contributed by atoms with Gasteiger partial charge in [-0.15, -0.1) is 0 Å². The lowest BCUT2D eigenvalue weighted by atomic mass is 10.2. The van der Waals surface area contributed by atoms with E-state index >= 15 is 0 Å². The molecule has 0 aliphatic heterocycles. The molecule has 0 aliphatic carbocycles. The van der Waals surface area contributed by atoms with Crippen LogP contribution < -0.4 is 0 Å². The minimum atomic E-state index is 0.464. The summed E-state index contributed by atoms with van der Waals surface area (Å²) in [5.41, 5.74) is 2.60. The van der Waals surface area contributed by atoms with E-state index < -0.39 is 0 Å². The summed E-state index contributed by atoms with van der Waals surface area (Å²) in [7, 11) is 0. The third-order valence-electron chi connectivity index (χ3n) is 3.15. The lowest BCUT2D eigenvalue weighted by molar-refractivity contribution is 0.918. The van der Waals surface area contributed by atoms with Crippen LogP contribution in [-0.4, -0.2) is 24.6 Å². The van der Waals surface area contributed by atoms with Gasteiger partial charge in [0, 0.05) is 23.3 Å². The molecule has 0 radical (unpaired) electrons. The fraction of sp³-hybridized carbons (Fsp3) is 0. The predicted octanol–water partition coefficient (Wildman–Crippen LogP) is 3.00. The largest absolute Gasteiger partial charge is 0.273 e. The number of hydrogen-bond acceptors (Lipinski definition) is 4. The number of nitrogens with one attached hydrogen (secondary N) is 1. The van der Waals surface area contributed by atoms with E-state index in [1.54, 1.807) is 16.9 Å². The Labute approximate surface area is 118 Å². The Balaban J connectivity index is 2.11. The lowest BCUT2D eigenvalue weighted by Crippen LogP contribution is -1.94. The van der Waals surface area contributed by atoms with Gasteiger partial charge in [0.1, 0.15) is 0 Å². The number of pyridine rings is 1. The molecule has 20 heavy (non-hydrogen) atoms. The standard InChI is InChI=1S/C14H9N5S/c20-14-16-11-4-2-1-3-10(11)13-17-12(18-19(13)14)9-5-7-15-8-6-9/h1-8H,(H,17,18). The number of H-pyrrole nitrogens is 1. The van der Waals surface area contributed by atoms with Crippen molar-refractivity contribution in [1.82, 2.24) is 24.6 Å². The number of aromatic amines is 1. The maximum Gasteiger partial charge on any atom is 0.221 e. The predicted molar refractivity (Wildman–Crippen MR) is 78.9 cm³/mol. The van der Waals surface area contributed by atoms with E-state index in [4.69, 9.17) is 12.2 Å². The van der Waals surface area contributed by atoms with Gasteiger partial charge < -0.3 is 0 Å².